The van der Waals surface area contributed by atoms with Crippen LogP contribution < -0.4 is 10.1 Å². The second-order valence-corrected chi connectivity index (χ2v) is 8.54. The van der Waals surface area contributed by atoms with Gasteiger partial charge in [-0.2, -0.15) is 8.42 Å². The molecule has 0 aliphatic carbocycles. The SMILES string of the molecule is O=S(=O)(O)CCCNc1cc(Cl)c(O[C@@H]2O[C@H](CO)[C@H](O)[C@H](O)[C@H]2O)c(Cl)c1. The van der Waals surface area contributed by atoms with Gasteiger partial charge in [0.1, 0.15) is 24.4 Å². The number of hydrogen-bond donors (Lipinski definition) is 6. The summed E-state index contributed by atoms with van der Waals surface area (Å²) in [6.07, 6.45) is -7.21. The van der Waals surface area contributed by atoms with Gasteiger partial charge in [-0.05, 0) is 18.6 Å². The first kappa shape index (κ1) is 23.4. The molecule has 1 heterocycles. The van der Waals surface area contributed by atoms with E-state index in [1.54, 1.807) is 0 Å². The zero-order valence-corrected chi connectivity index (χ0v) is 16.7. The highest BCUT2D eigenvalue weighted by Crippen LogP contribution is 2.38. The van der Waals surface area contributed by atoms with Crippen molar-refractivity contribution in [3.05, 3.63) is 22.2 Å². The Balaban J connectivity index is 2.06. The van der Waals surface area contributed by atoms with Gasteiger partial charge in [0.25, 0.3) is 10.1 Å². The first-order chi connectivity index (χ1) is 13.0. The first-order valence-corrected chi connectivity index (χ1v) is 10.5. The predicted octanol–water partition coefficient (Wildman–Crippen LogP) is -0.138. The van der Waals surface area contributed by atoms with Gasteiger partial charge in [-0.3, -0.25) is 4.55 Å². The fourth-order valence-electron chi connectivity index (χ4n) is 2.54. The summed E-state index contributed by atoms with van der Waals surface area (Å²) >= 11 is 12.3. The zero-order chi connectivity index (χ0) is 21.1. The monoisotopic (exact) mass is 461 g/mol. The summed E-state index contributed by atoms with van der Waals surface area (Å²) in [5, 5.41) is 41.7. The van der Waals surface area contributed by atoms with E-state index in [1.807, 2.05) is 0 Å². The third-order valence-corrected chi connectivity index (χ3v) is 5.36. The van der Waals surface area contributed by atoms with Gasteiger partial charge < -0.3 is 35.2 Å². The van der Waals surface area contributed by atoms with Crippen molar-refractivity contribution in [2.75, 3.05) is 24.2 Å². The van der Waals surface area contributed by atoms with Crippen LogP contribution in [0.5, 0.6) is 5.75 Å². The van der Waals surface area contributed by atoms with E-state index in [2.05, 4.69) is 5.32 Å². The van der Waals surface area contributed by atoms with Gasteiger partial charge in [0.15, 0.2) is 5.75 Å². The van der Waals surface area contributed by atoms with Crippen molar-refractivity contribution in [2.24, 2.45) is 0 Å². The number of nitrogens with one attached hydrogen (secondary N) is 1. The Bertz CT molecular complexity index is 754. The molecule has 1 fully saturated rings. The summed E-state index contributed by atoms with van der Waals surface area (Å²) in [4.78, 5) is 0. The van der Waals surface area contributed by atoms with Crippen molar-refractivity contribution in [1.29, 1.82) is 0 Å². The molecule has 0 unspecified atom stereocenters. The van der Waals surface area contributed by atoms with Gasteiger partial charge in [0.2, 0.25) is 6.29 Å². The van der Waals surface area contributed by atoms with Crippen LogP contribution in [0.15, 0.2) is 12.1 Å². The Morgan fingerprint density at radius 2 is 1.71 bits per heavy atom. The second-order valence-electron chi connectivity index (χ2n) is 6.15. The molecule has 0 saturated carbocycles. The molecule has 5 atom stereocenters. The van der Waals surface area contributed by atoms with E-state index in [1.165, 1.54) is 12.1 Å². The molecule has 1 aromatic carbocycles. The number of rotatable bonds is 8. The van der Waals surface area contributed by atoms with E-state index >= 15 is 0 Å². The smallest absolute Gasteiger partial charge is 0.264 e. The molecule has 6 N–H and O–H groups in total. The normalized spacial score (nSPS) is 28.2. The zero-order valence-electron chi connectivity index (χ0n) is 14.4. The van der Waals surface area contributed by atoms with Crippen molar-refractivity contribution in [2.45, 2.75) is 37.1 Å². The number of ether oxygens (including phenoxy) is 2. The van der Waals surface area contributed by atoms with Crippen LogP contribution in [0.2, 0.25) is 10.0 Å². The average molecular weight is 462 g/mol. The molecule has 13 heteroatoms. The lowest BCUT2D eigenvalue weighted by Gasteiger charge is -2.39. The standard InChI is InChI=1S/C15H21Cl2NO9S/c16-8-4-7(18-2-1-3-28(23,24)25)5-9(17)14(8)27-15-13(22)12(21)11(20)10(6-19)26-15/h4-5,10-13,15,18-22H,1-3,6H2,(H,23,24,25)/t10-,11+,12+,13-,15+/m1/s1. The molecule has 1 aliphatic rings. The van der Waals surface area contributed by atoms with Crippen molar-refractivity contribution in [1.82, 2.24) is 0 Å². The molecule has 0 amide bonds. The molecule has 0 bridgehead atoms. The molecular weight excluding hydrogens is 441 g/mol. The van der Waals surface area contributed by atoms with Crippen LogP contribution in [-0.4, -0.2) is 83.0 Å². The van der Waals surface area contributed by atoms with Gasteiger partial charge in [0, 0.05) is 12.2 Å². The van der Waals surface area contributed by atoms with Crippen LogP contribution in [0.25, 0.3) is 0 Å². The van der Waals surface area contributed by atoms with Crippen LogP contribution in [0.4, 0.5) is 5.69 Å². The molecule has 160 valence electrons. The maximum Gasteiger partial charge on any atom is 0.264 e. The maximum absolute atomic E-state index is 10.7. The van der Waals surface area contributed by atoms with E-state index in [4.69, 9.17) is 37.2 Å². The Hall–Kier alpha value is -0.890. The number of anilines is 1. The maximum atomic E-state index is 10.7. The van der Waals surface area contributed by atoms with Crippen molar-refractivity contribution in [3.63, 3.8) is 0 Å². The van der Waals surface area contributed by atoms with Crippen LogP contribution in [-0.2, 0) is 14.9 Å². The van der Waals surface area contributed by atoms with E-state index in [0.29, 0.717) is 5.69 Å². The largest absolute Gasteiger partial charge is 0.459 e. The Morgan fingerprint density at radius 1 is 1.11 bits per heavy atom. The van der Waals surface area contributed by atoms with Crippen molar-refractivity contribution < 1.29 is 42.9 Å². The number of aliphatic hydroxyl groups excluding tert-OH is 4. The highest BCUT2D eigenvalue weighted by atomic mass is 35.5. The van der Waals surface area contributed by atoms with Crippen molar-refractivity contribution in [3.8, 4) is 5.75 Å². The fourth-order valence-corrected chi connectivity index (χ4v) is 3.63. The topological polar surface area (TPSA) is 166 Å². The third-order valence-electron chi connectivity index (χ3n) is 3.99. The van der Waals surface area contributed by atoms with Gasteiger partial charge in [0.05, 0.1) is 22.4 Å². The number of benzene rings is 1. The summed E-state index contributed by atoms with van der Waals surface area (Å²) < 4.78 is 40.8. The lowest BCUT2D eigenvalue weighted by Crippen LogP contribution is -2.60. The Labute approximate surface area is 171 Å². The van der Waals surface area contributed by atoms with E-state index in [9.17, 15) is 28.8 Å². The minimum Gasteiger partial charge on any atom is -0.459 e. The van der Waals surface area contributed by atoms with Crippen LogP contribution in [0.1, 0.15) is 6.42 Å². The summed E-state index contributed by atoms with van der Waals surface area (Å²) in [7, 11) is -4.04. The molecule has 28 heavy (non-hydrogen) atoms. The minimum absolute atomic E-state index is 0.0294. The van der Waals surface area contributed by atoms with E-state index in [0.717, 1.165) is 0 Å². The van der Waals surface area contributed by atoms with Crippen LogP contribution in [0, 0.1) is 0 Å². The fraction of sp³-hybridized carbons (Fsp3) is 0.600. The number of halogens is 2. The number of hydrogen-bond acceptors (Lipinski definition) is 9. The Kier molecular flexibility index (Phi) is 8.14. The van der Waals surface area contributed by atoms with E-state index in [-0.39, 0.29) is 28.8 Å². The molecule has 0 aromatic heterocycles. The van der Waals surface area contributed by atoms with Crippen molar-refractivity contribution >= 4 is 39.0 Å². The summed E-state index contributed by atoms with van der Waals surface area (Å²) in [5.41, 5.74) is 0.450. The molecule has 1 aliphatic heterocycles. The van der Waals surface area contributed by atoms with E-state index < -0.39 is 53.2 Å². The molecule has 2 rings (SSSR count). The Morgan fingerprint density at radius 3 is 2.25 bits per heavy atom. The van der Waals surface area contributed by atoms with Gasteiger partial charge >= 0.3 is 0 Å². The van der Waals surface area contributed by atoms with Gasteiger partial charge in [-0.25, -0.2) is 0 Å². The summed E-state index contributed by atoms with van der Waals surface area (Å²) in [6, 6.07) is 2.86. The molecular formula is C15H21Cl2NO9S. The minimum atomic E-state index is -4.04. The summed E-state index contributed by atoms with van der Waals surface area (Å²) in [6.45, 7) is -0.391. The van der Waals surface area contributed by atoms with Crippen LogP contribution in [0.3, 0.4) is 0 Å². The van der Waals surface area contributed by atoms with Gasteiger partial charge in [-0.15, -0.1) is 0 Å². The molecule has 1 saturated heterocycles. The summed E-state index contributed by atoms with van der Waals surface area (Å²) in [5.74, 6) is -0.462. The second kappa shape index (κ2) is 9.74. The molecule has 10 nitrogen and oxygen atoms in total. The van der Waals surface area contributed by atoms with Gasteiger partial charge in [-0.1, -0.05) is 23.2 Å². The molecule has 0 radical (unpaired) electrons. The molecule has 0 spiro atoms. The van der Waals surface area contributed by atoms with Crippen LogP contribution >= 0.6 is 23.2 Å². The number of aliphatic hydroxyl groups is 4. The lowest BCUT2D eigenvalue weighted by molar-refractivity contribution is -0.277. The average Bonchev–Trinajstić information content (AvgIpc) is 2.61. The third kappa shape index (κ3) is 6.05. The lowest BCUT2D eigenvalue weighted by atomic mass is 9.99. The quantitative estimate of drug-likeness (QED) is 0.226. The highest BCUT2D eigenvalue weighted by Gasteiger charge is 2.45. The highest BCUT2D eigenvalue weighted by molar-refractivity contribution is 7.85. The molecule has 1 aromatic rings. The first-order valence-electron chi connectivity index (χ1n) is 8.18. The predicted molar refractivity (Wildman–Crippen MR) is 100 cm³/mol.